The molecule has 0 saturated heterocycles. The van der Waals surface area contributed by atoms with Gasteiger partial charge in [-0.1, -0.05) is 26.2 Å². The summed E-state index contributed by atoms with van der Waals surface area (Å²) in [5, 5.41) is 8.13. The van der Waals surface area contributed by atoms with E-state index in [0.29, 0.717) is 5.89 Å². The van der Waals surface area contributed by atoms with E-state index >= 15 is 0 Å². The van der Waals surface area contributed by atoms with E-state index in [0.717, 1.165) is 18.7 Å². The van der Waals surface area contributed by atoms with Crippen LogP contribution in [0.2, 0.25) is 0 Å². The molecule has 2 rings (SSSR count). The van der Waals surface area contributed by atoms with Gasteiger partial charge in [0.2, 0.25) is 11.8 Å². The van der Waals surface area contributed by atoms with Crippen LogP contribution in [0, 0.1) is 0 Å². The number of hydrogen-bond donors (Lipinski definition) is 1. The Kier molecular flexibility index (Phi) is 2.78. The van der Waals surface area contributed by atoms with Crippen LogP contribution in [0.5, 0.6) is 0 Å². The van der Waals surface area contributed by atoms with Gasteiger partial charge in [0.15, 0.2) is 0 Å². The molecule has 1 aromatic rings. The maximum Gasteiger partial charge on any atom is 0.232 e. The fourth-order valence-corrected chi connectivity index (χ4v) is 2.21. The Morgan fingerprint density at radius 1 is 1.27 bits per heavy atom. The fourth-order valence-electron chi connectivity index (χ4n) is 2.21. The van der Waals surface area contributed by atoms with E-state index in [2.05, 4.69) is 17.1 Å². The minimum Gasteiger partial charge on any atom is -0.423 e. The highest BCUT2D eigenvalue weighted by molar-refractivity contribution is 5.03. The lowest BCUT2D eigenvalue weighted by Crippen LogP contribution is -2.25. The van der Waals surface area contributed by atoms with Crippen LogP contribution in [0.4, 0.5) is 0 Å². The van der Waals surface area contributed by atoms with E-state index in [1.54, 1.807) is 0 Å². The molecule has 84 valence electrons. The number of aromatic nitrogens is 2. The first-order valence-electron chi connectivity index (χ1n) is 5.71. The Morgan fingerprint density at radius 3 is 2.47 bits per heavy atom. The average molecular weight is 209 g/mol. The van der Waals surface area contributed by atoms with Gasteiger partial charge in [0.25, 0.3) is 0 Å². The van der Waals surface area contributed by atoms with Crippen molar-refractivity contribution in [1.29, 1.82) is 0 Å². The van der Waals surface area contributed by atoms with Crippen LogP contribution in [-0.2, 0) is 5.41 Å². The normalized spacial score (nSPS) is 22.6. The Labute approximate surface area is 90.3 Å². The summed E-state index contributed by atoms with van der Waals surface area (Å²) in [7, 11) is 0. The Morgan fingerprint density at radius 2 is 1.93 bits per heavy atom. The molecule has 1 aromatic heterocycles. The van der Waals surface area contributed by atoms with Crippen LogP contribution in [0.3, 0.4) is 0 Å². The van der Waals surface area contributed by atoms with E-state index in [1.165, 1.54) is 19.3 Å². The number of nitrogens with two attached hydrogens (primary N) is 1. The molecule has 1 fully saturated rings. The third-order valence-electron chi connectivity index (χ3n) is 3.30. The molecular weight excluding hydrogens is 190 g/mol. The Bertz CT molecular complexity index is 326. The van der Waals surface area contributed by atoms with Crippen LogP contribution >= 0.6 is 0 Å². The van der Waals surface area contributed by atoms with Crippen molar-refractivity contribution in [2.45, 2.75) is 57.4 Å². The Balaban J connectivity index is 2.20. The molecule has 4 nitrogen and oxygen atoms in total. The van der Waals surface area contributed by atoms with Gasteiger partial charge >= 0.3 is 0 Å². The summed E-state index contributed by atoms with van der Waals surface area (Å²) < 4.78 is 5.64. The van der Waals surface area contributed by atoms with Gasteiger partial charge in [-0.3, -0.25) is 0 Å². The lowest BCUT2D eigenvalue weighted by atomic mass is 9.76. The fraction of sp³-hybridized carbons (Fsp3) is 0.818. The van der Waals surface area contributed by atoms with Crippen LogP contribution in [0.1, 0.15) is 63.8 Å². The molecule has 0 aromatic carbocycles. The lowest BCUT2D eigenvalue weighted by molar-refractivity contribution is 0.249. The second-order valence-electron chi connectivity index (χ2n) is 4.86. The van der Waals surface area contributed by atoms with Crippen molar-refractivity contribution in [2.75, 3.05) is 0 Å². The zero-order chi connectivity index (χ0) is 10.9. The molecule has 15 heavy (non-hydrogen) atoms. The molecule has 1 aliphatic carbocycles. The molecule has 0 radical (unpaired) electrons. The maximum absolute atomic E-state index is 5.70. The predicted octanol–water partition coefficient (Wildman–Crippen LogP) is 2.31. The molecule has 1 heterocycles. The highest BCUT2D eigenvalue weighted by Gasteiger charge is 2.34. The summed E-state index contributed by atoms with van der Waals surface area (Å²) in [6.07, 6.45) is 6.13. The average Bonchev–Trinajstić information content (AvgIpc) is 2.68. The zero-order valence-corrected chi connectivity index (χ0v) is 9.49. The van der Waals surface area contributed by atoms with Gasteiger partial charge in [0, 0.05) is 5.41 Å². The molecule has 1 aliphatic rings. The molecule has 0 aliphatic heterocycles. The molecule has 1 unspecified atom stereocenters. The van der Waals surface area contributed by atoms with Gasteiger partial charge in [0.1, 0.15) is 0 Å². The molecule has 2 N–H and O–H groups in total. The first-order valence-corrected chi connectivity index (χ1v) is 5.71. The number of hydrogen-bond acceptors (Lipinski definition) is 4. The molecule has 4 heteroatoms. The van der Waals surface area contributed by atoms with Crippen LogP contribution in [0.15, 0.2) is 4.42 Å². The Hall–Kier alpha value is -0.900. The van der Waals surface area contributed by atoms with E-state index in [9.17, 15) is 0 Å². The van der Waals surface area contributed by atoms with Gasteiger partial charge in [-0.25, -0.2) is 0 Å². The van der Waals surface area contributed by atoms with E-state index in [-0.39, 0.29) is 11.5 Å². The monoisotopic (exact) mass is 209 g/mol. The standard InChI is InChI=1S/C11H19N3O/c1-8(12)9-13-14-10(15-9)11(2)6-4-3-5-7-11/h8H,3-7,12H2,1-2H3. The van der Waals surface area contributed by atoms with Crippen molar-refractivity contribution in [2.24, 2.45) is 5.73 Å². The third-order valence-corrected chi connectivity index (χ3v) is 3.30. The largest absolute Gasteiger partial charge is 0.423 e. The number of nitrogens with zero attached hydrogens (tertiary/aromatic N) is 2. The summed E-state index contributed by atoms with van der Waals surface area (Å²) in [5.74, 6) is 1.33. The van der Waals surface area contributed by atoms with E-state index in [4.69, 9.17) is 10.2 Å². The topological polar surface area (TPSA) is 64.9 Å². The van der Waals surface area contributed by atoms with Gasteiger partial charge in [-0.15, -0.1) is 10.2 Å². The summed E-state index contributed by atoms with van der Waals surface area (Å²) >= 11 is 0. The smallest absolute Gasteiger partial charge is 0.232 e. The summed E-state index contributed by atoms with van der Waals surface area (Å²) in [4.78, 5) is 0. The van der Waals surface area contributed by atoms with Gasteiger partial charge in [-0.05, 0) is 19.8 Å². The van der Waals surface area contributed by atoms with Crippen molar-refractivity contribution in [3.05, 3.63) is 11.8 Å². The van der Waals surface area contributed by atoms with E-state index in [1.807, 2.05) is 6.92 Å². The predicted molar refractivity (Wildman–Crippen MR) is 57.3 cm³/mol. The second-order valence-corrected chi connectivity index (χ2v) is 4.86. The highest BCUT2D eigenvalue weighted by atomic mass is 16.4. The first kappa shape index (κ1) is 10.6. The van der Waals surface area contributed by atoms with Crippen LogP contribution in [-0.4, -0.2) is 10.2 Å². The van der Waals surface area contributed by atoms with Crippen molar-refractivity contribution in [1.82, 2.24) is 10.2 Å². The van der Waals surface area contributed by atoms with Crippen molar-refractivity contribution >= 4 is 0 Å². The van der Waals surface area contributed by atoms with Gasteiger partial charge in [0.05, 0.1) is 6.04 Å². The van der Waals surface area contributed by atoms with Crippen LogP contribution in [0.25, 0.3) is 0 Å². The number of rotatable bonds is 2. The van der Waals surface area contributed by atoms with Crippen molar-refractivity contribution in [3.63, 3.8) is 0 Å². The van der Waals surface area contributed by atoms with E-state index < -0.39 is 0 Å². The highest BCUT2D eigenvalue weighted by Crippen LogP contribution is 2.38. The third kappa shape index (κ3) is 2.04. The van der Waals surface area contributed by atoms with Crippen molar-refractivity contribution in [3.8, 4) is 0 Å². The van der Waals surface area contributed by atoms with Gasteiger partial charge < -0.3 is 10.2 Å². The molecule has 1 atom stereocenters. The summed E-state index contributed by atoms with van der Waals surface area (Å²) in [6.45, 7) is 4.07. The quantitative estimate of drug-likeness (QED) is 0.811. The maximum atomic E-state index is 5.70. The first-order chi connectivity index (χ1) is 7.12. The summed E-state index contributed by atoms with van der Waals surface area (Å²) in [5.41, 5.74) is 5.79. The molecule has 0 bridgehead atoms. The minimum atomic E-state index is -0.168. The summed E-state index contributed by atoms with van der Waals surface area (Å²) in [6, 6.07) is -0.168. The van der Waals surface area contributed by atoms with Crippen molar-refractivity contribution < 1.29 is 4.42 Å². The molecular formula is C11H19N3O. The minimum absolute atomic E-state index is 0.0817. The zero-order valence-electron chi connectivity index (χ0n) is 9.49. The lowest BCUT2D eigenvalue weighted by Gasteiger charge is -2.29. The molecule has 1 saturated carbocycles. The van der Waals surface area contributed by atoms with Crippen LogP contribution < -0.4 is 5.73 Å². The SMILES string of the molecule is CC(N)c1nnc(C2(C)CCCCC2)o1. The molecule has 0 amide bonds. The van der Waals surface area contributed by atoms with Gasteiger partial charge in [-0.2, -0.15) is 0 Å². The molecule has 0 spiro atoms. The second kappa shape index (κ2) is 3.93.